The number of rotatable bonds is 5. The molecule has 0 aliphatic carbocycles. The van der Waals surface area contributed by atoms with E-state index in [1.54, 1.807) is 30.3 Å². The second-order valence-corrected chi connectivity index (χ2v) is 7.08. The maximum atomic E-state index is 12.2. The van der Waals surface area contributed by atoms with Gasteiger partial charge in [-0.05, 0) is 36.4 Å². The molecule has 3 rings (SSSR count). The summed E-state index contributed by atoms with van der Waals surface area (Å²) in [6, 6.07) is 11.3. The van der Waals surface area contributed by atoms with Crippen LogP contribution in [0.25, 0.3) is 0 Å². The quantitative estimate of drug-likeness (QED) is 0.507. The van der Waals surface area contributed by atoms with Gasteiger partial charge in [-0.3, -0.25) is 20.2 Å². The Kier molecular flexibility index (Phi) is 5.27. The van der Waals surface area contributed by atoms with Crippen LogP contribution in [0.3, 0.4) is 0 Å². The van der Waals surface area contributed by atoms with Crippen molar-refractivity contribution >= 4 is 51.4 Å². The van der Waals surface area contributed by atoms with Gasteiger partial charge in [0.2, 0.25) is 5.13 Å². The van der Waals surface area contributed by atoms with Crippen molar-refractivity contribution in [2.24, 2.45) is 0 Å². The first-order valence-electron chi connectivity index (χ1n) is 6.82. The summed E-state index contributed by atoms with van der Waals surface area (Å²) in [6.07, 6.45) is 0. The van der Waals surface area contributed by atoms with Crippen molar-refractivity contribution in [3.05, 3.63) is 68.7 Å². The highest BCUT2D eigenvalue weighted by Gasteiger charge is 2.19. The Bertz CT molecular complexity index is 917. The Labute approximate surface area is 155 Å². The third kappa shape index (κ3) is 4.32. The fourth-order valence-corrected chi connectivity index (χ4v) is 3.38. The molecule has 0 aliphatic heterocycles. The number of halogens is 1. The molecule has 25 heavy (non-hydrogen) atoms. The molecule has 3 aromatic rings. The molecule has 0 atom stereocenters. The van der Waals surface area contributed by atoms with Crippen molar-refractivity contribution in [2.45, 2.75) is 9.79 Å². The number of aromatic nitrogens is 2. The average Bonchev–Trinajstić information content (AvgIpc) is 3.10. The largest absolute Gasteiger partial charge is 0.296 e. The topological polar surface area (TPSA) is 98.0 Å². The molecule has 1 heterocycles. The number of nitro benzene ring substituents is 1. The summed E-state index contributed by atoms with van der Waals surface area (Å²) < 4.78 is 0. The Hall–Kier alpha value is -2.49. The summed E-state index contributed by atoms with van der Waals surface area (Å²) in [6.45, 7) is 0. The summed E-state index contributed by atoms with van der Waals surface area (Å²) in [7, 11) is 0. The van der Waals surface area contributed by atoms with E-state index in [0.717, 1.165) is 16.2 Å². The zero-order valence-corrected chi connectivity index (χ0v) is 14.8. The monoisotopic (exact) mass is 392 g/mol. The normalized spacial score (nSPS) is 10.4. The summed E-state index contributed by atoms with van der Waals surface area (Å²) in [5.74, 6) is -0.483. The van der Waals surface area contributed by atoms with Crippen LogP contribution < -0.4 is 5.32 Å². The van der Waals surface area contributed by atoms with Crippen LogP contribution >= 0.6 is 34.7 Å². The molecule has 1 aromatic heterocycles. The van der Waals surface area contributed by atoms with Gasteiger partial charge in [0.05, 0.1) is 9.82 Å². The summed E-state index contributed by atoms with van der Waals surface area (Å²) >= 11 is 8.22. The van der Waals surface area contributed by atoms with E-state index in [1.807, 2.05) is 0 Å². The van der Waals surface area contributed by atoms with Crippen molar-refractivity contribution < 1.29 is 9.72 Å². The van der Waals surface area contributed by atoms with Crippen molar-refractivity contribution in [1.29, 1.82) is 0 Å². The van der Waals surface area contributed by atoms with Crippen molar-refractivity contribution in [3.63, 3.8) is 0 Å². The highest BCUT2D eigenvalue weighted by atomic mass is 35.5. The molecule has 2 aromatic carbocycles. The lowest BCUT2D eigenvalue weighted by Gasteiger charge is -2.06. The number of nitrogens with one attached hydrogen (secondary N) is 1. The Morgan fingerprint density at radius 1 is 1.24 bits per heavy atom. The number of amides is 1. The number of nitrogens with zero attached hydrogens (tertiary/aromatic N) is 3. The molecule has 126 valence electrons. The molecule has 10 heteroatoms. The van der Waals surface area contributed by atoms with Crippen LogP contribution in [0, 0.1) is 10.1 Å². The van der Waals surface area contributed by atoms with Crippen LogP contribution in [-0.4, -0.2) is 21.0 Å². The number of carbonyl (C=O) groups is 1. The second kappa shape index (κ2) is 7.60. The zero-order valence-electron chi connectivity index (χ0n) is 12.4. The smallest absolute Gasteiger partial charge is 0.284 e. The number of nitro groups is 1. The summed E-state index contributed by atoms with van der Waals surface area (Å²) in [4.78, 5) is 24.3. The maximum Gasteiger partial charge on any atom is 0.284 e. The minimum absolute atomic E-state index is 0.148. The van der Waals surface area contributed by atoms with E-state index in [-0.39, 0.29) is 11.3 Å². The first kappa shape index (κ1) is 17.3. The average molecular weight is 393 g/mol. The van der Waals surface area contributed by atoms with Gasteiger partial charge < -0.3 is 0 Å². The fourth-order valence-electron chi connectivity index (χ4n) is 1.91. The Morgan fingerprint density at radius 3 is 2.64 bits per heavy atom. The number of benzene rings is 2. The molecule has 0 aliphatic rings. The lowest BCUT2D eigenvalue weighted by Crippen LogP contribution is -2.12. The first-order chi connectivity index (χ1) is 12.0. The molecule has 0 fully saturated rings. The van der Waals surface area contributed by atoms with Gasteiger partial charge in [0.1, 0.15) is 5.51 Å². The number of carbonyl (C=O) groups excluding carboxylic acids is 1. The van der Waals surface area contributed by atoms with Crippen LogP contribution in [0.15, 0.2) is 57.8 Å². The van der Waals surface area contributed by atoms with Crippen molar-refractivity contribution in [2.75, 3.05) is 5.32 Å². The Morgan fingerprint density at radius 2 is 2.00 bits per heavy atom. The number of hydrogen-bond donors (Lipinski definition) is 1. The van der Waals surface area contributed by atoms with E-state index in [2.05, 4.69) is 15.5 Å². The van der Waals surface area contributed by atoms with Gasteiger partial charge in [-0.15, -0.1) is 10.2 Å². The molecule has 7 nitrogen and oxygen atoms in total. The SMILES string of the molecule is O=C(Nc1nncs1)c1ccc(Sc2ccc(Cl)cc2)c([N+](=O)[O-])c1. The van der Waals surface area contributed by atoms with E-state index in [9.17, 15) is 14.9 Å². The minimum atomic E-state index is -0.514. The molecule has 1 N–H and O–H groups in total. The number of anilines is 1. The molecule has 0 bridgehead atoms. The van der Waals surface area contributed by atoms with Crippen LogP contribution in [0.1, 0.15) is 10.4 Å². The minimum Gasteiger partial charge on any atom is -0.296 e. The fraction of sp³-hybridized carbons (Fsp3) is 0. The summed E-state index contributed by atoms with van der Waals surface area (Å²) in [5.41, 5.74) is 1.50. The predicted molar refractivity (Wildman–Crippen MR) is 96.5 cm³/mol. The summed E-state index contributed by atoms with van der Waals surface area (Å²) in [5, 5.41) is 22.2. The maximum absolute atomic E-state index is 12.2. The highest BCUT2D eigenvalue weighted by molar-refractivity contribution is 7.99. The second-order valence-electron chi connectivity index (χ2n) is 4.69. The van der Waals surface area contributed by atoms with Gasteiger partial charge in [0, 0.05) is 21.5 Å². The lowest BCUT2D eigenvalue weighted by atomic mass is 10.2. The van der Waals surface area contributed by atoms with E-state index in [4.69, 9.17) is 11.6 Å². The standard InChI is InChI=1S/C15H9ClN4O3S2/c16-10-2-4-11(5-3-10)25-13-6-1-9(7-12(13)20(22)23)14(21)18-15-19-17-8-24-15/h1-8H,(H,18,19,21). The molecule has 0 spiro atoms. The van der Waals surface area contributed by atoms with Crippen LogP contribution in [0.5, 0.6) is 0 Å². The first-order valence-corrected chi connectivity index (χ1v) is 8.90. The van der Waals surface area contributed by atoms with E-state index in [1.165, 1.54) is 29.4 Å². The van der Waals surface area contributed by atoms with E-state index < -0.39 is 10.8 Å². The van der Waals surface area contributed by atoms with Gasteiger partial charge in [0.25, 0.3) is 11.6 Å². The molecule has 1 amide bonds. The zero-order chi connectivity index (χ0) is 17.8. The highest BCUT2D eigenvalue weighted by Crippen LogP contribution is 2.35. The molecule has 0 saturated heterocycles. The molecular weight excluding hydrogens is 384 g/mol. The molecule has 0 unspecified atom stereocenters. The van der Waals surface area contributed by atoms with Crippen LogP contribution in [0.4, 0.5) is 10.8 Å². The van der Waals surface area contributed by atoms with Gasteiger partial charge in [-0.25, -0.2) is 0 Å². The van der Waals surface area contributed by atoms with E-state index >= 15 is 0 Å². The van der Waals surface area contributed by atoms with Crippen molar-refractivity contribution in [1.82, 2.24) is 10.2 Å². The molecule has 0 saturated carbocycles. The van der Waals surface area contributed by atoms with Gasteiger partial charge in [-0.1, -0.05) is 34.7 Å². The third-order valence-corrected chi connectivity index (χ3v) is 4.97. The van der Waals surface area contributed by atoms with Gasteiger partial charge in [0.15, 0.2) is 0 Å². The Balaban J connectivity index is 1.86. The predicted octanol–water partition coefficient (Wildman–Crippen LogP) is 4.50. The van der Waals surface area contributed by atoms with Crippen molar-refractivity contribution in [3.8, 4) is 0 Å². The van der Waals surface area contributed by atoms with E-state index in [0.29, 0.717) is 15.0 Å². The lowest BCUT2D eigenvalue weighted by molar-refractivity contribution is -0.387. The van der Waals surface area contributed by atoms with Gasteiger partial charge >= 0.3 is 0 Å². The van der Waals surface area contributed by atoms with Crippen LogP contribution in [0.2, 0.25) is 5.02 Å². The molecule has 0 radical (unpaired) electrons. The van der Waals surface area contributed by atoms with Gasteiger partial charge in [-0.2, -0.15) is 0 Å². The van der Waals surface area contributed by atoms with Crippen LogP contribution in [-0.2, 0) is 0 Å². The molecular formula is C15H9ClN4O3S2. The third-order valence-electron chi connectivity index (χ3n) is 3.04. The number of hydrogen-bond acceptors (Lipinski definition) is 7.